The SMILES string of the molecule is CCOc1ccc(C(=O)NCCCOC(C)c2ccccc2)cc1OC. The molecule has 0 fully saturated rings. The predicted molar refractivity (Wildman–Crippen MR) is 102 cm³/mol. The molecule has 0 radical (unpaired) electrons. The van der Waals surface area contributed by atoms with E-state index in [0.717, 1.165) is 12.0 Å². The highest BCUT2D eigenvalue weighted by molar-refractivity contribution is 5.94. The summed E-state index contributed by atoms with van der Waals surface area (Å²) in [4.78, 5) is 12.3. The lowest BCUT2D eigenvalue weighted by Crippen LogP contribution is -2.25. The van der Waals surface area contributed by atoms with E-state index in [1.807, 2.05) is 44.2 Å². The molecule has 0 saturated heterocycles. The summed E-state index contributed by atoms with van der Waals surface area (Å²) in [5, 5.41) is 2.90. The van der Waals surface area contributed by atoms with Gasteiger partial charge in [-0.05, 0) is 44.0 Å². The van der Waals surface area contributed by atoms with Crippen LogP contribution in [0.3, 0.4) is 0 Å². The minimum Gasteiger partial charge on any atom is -0.493 e. The maximum Gasteiger partial charge on any atom is 0.251 e. The second-order valence-corrected chi connectivity index (χ2v) is 5.83. The van der Waals surface area contributed by atoms with Crippen molar-refractivity contribution in [2.24, 2.45) is 0 Å². The zero-order chi connectivity index (χ0) is 18.8. The molecule has 2 rings (SSSR count). The Hall–Kier alpha value is -2.53. The first-order chi connectivity index (χ1) is 12.7. The van der Waals surface area contributed by atoms with E-state index in [4.69, 9.17) is 14.2 Å². The van der Waals surface area contributed by atoms with Crippen LogP contribution in [-0.2, 0) is 4.74 Å². The summed E-state index contributed by atoms with van der Waals surface area (Å²) in [5.74, 6) is 1.05. The summed E-state index contributed by atoms with van der Waals surface area (Å²) < 4.78 is 16.5. The lowest BCUT2D eigenvalue weighted by Gasteiger charge is -2.14. The highest BCUT2D eigenvalue weighted by atomic mass is 16.5. The maximum atomic E-state index is 12.3. The van der Waals surface area contributed by atoms with Crippen molar-refractivity contribution in [3.05, 3.63) is 59.7 Å². The molecule has 2 aromatic carbocycles. The zero-order valence-corrected chi connectivity index (χ0v) is 15.7. The van der Waals surface area contributed by atoms with Crippen molar-refractivity contribution >= 4 is 5.91 Å². The third-order valence-corrected chi connectivity index (χ3v) is 3.97. The van der Waals surface area contributed by atoms with Gasteiger partial charge in [0.25, 0.3) is 5.91 Å². The summed E-state index contributed by atoms with van der Waals surface area (Å²) in [7, 11) is 1.56. The van der Waals surface area contributed by atoms with E-state index >= 15 is 0 Å². The monoisotopic (exact) mass is 357 g/mol. The smallest absolute Gasteiger partial charge is 0.251 e. The zero-order valence-electron chi connectivity index (χ0n) is 15.7. The van der Waals surface area contributed by atoms with Crippen LogP contribution >= 0.6 is 0 Å². The lowest BCUT2D eigenvalue weighted by atomic mass is 10.1. The van der Waals surface area contributed by atoms with Gasteiger partial charge in [-0.2, -0.15) is 0 Å². The third kappa shape index (κ3) is 5.77. The Morgan fingerprint density at radius 3 is 2.58 bits per heavy atom. The van der Waals surface area contributed by atoms with Gasteiger partial charge in [-0.3, -0.25) is 4.79 Å². The molecule has 5 heteroatoms. The van der Waals surface area contributed by atoms with E-state index in [1.165, 1.54) is 0 Å². The van der Waals surface area contributed by atoms with E-state index in [2.05, 4.69) is 5.32 Å². The Balaban J connectivity index is 1.75. The summed E-state index contributed by atoms with van der Waals surface area (Å²) in [6.45, 7) is 5.61. The van der Waals surface area contributed by atoms with Crippen LogP contribution in [0.15, 0.2) is 48.5 Å². The Morgan fingerprint density at radius 1 is 1.12 bits per heavy atom. The van der Waals surface area contributed by atoms with Gasteiger partial charge in [0.2, 0.25) is 0 Å². The number of carbonyl (C=O) groups excluding carboxylic acids is 1. The normalized spacial score (nSPS) is 11.7. The average molecular weight is 357 g/mol. The van der Waals surface area contributed by atoms with E-state index in [9.17, 15) is 4.79 Å². The number of hydrogen-bond donors (Lipinski definition) is 1. The van der Waals surface area contributed by atoms with Crippen LogP contribution in [0, 0.1) is 0 Å². The molecule has 5 nitrogen and oxygen atoms in total. The van der Waals surface area contributed by atoms with Gasteiger partial charge in [0.1, 0.15) is 0 Å². The fourth-order valence-electron chi connectivity index (χ4n) is 2.54. The molecule has 0 heterocycles. The molecular weight excluding hydrogens is 330 g/mol. The standard InChI is InChI=1S/C21H27NO4/c1-4-25-19-12-11-18(15-20(19)24-3)21(23)22-13-8-14-26-16(2)17-9-6-5-7-10-17/h5-7,9-12,15-16H,4,8,13-14H2,1-3H3,(H,22,23). The molecule has 0 aromatic heterocycles. The highest BCUT2D eigenvalue weighted by Crippen LogP contribution is 2.28. The second kappa shape index (κ2) is 10.5. The van der Waals surface area contributed by atoms with Gasteiger partial charge in [0.15, 0.2) is 11.5 Å². The second-order valence-electron chi connectivity index (χ2n) is 5.83. The molecule has 26 heavy (non-hydrogen) atoms. The van der Waals surface area contributed by atoms with Crippen LogP contribution < -0.4 is 14.8 Å². The first-order valence-corrected chi connectivity index (χ1v) is 8.91. The van der Waals surface area contributed by atoms with Gasteiger partial charge in [-0.1, -0.05) is 30.3 Å². The average Bonchev–Trinajstić information content (AvgIpc) is 2.68. The van der Waals surface area contributed by atoms with E-state index in [1.54, 1.807) is 25.3 Å². The largest absolute Gasteiger partial charge is 0.493 e. The fourth-order valence-corrected chi connectivity index (χ4v) is 2.54. The van der Waals surface area contributed by atoms with Crippen LogP contribution in [0.25, 0.3) is 0 Å². The number of amides is 1. The minimum absolute atomic E-state index is 0.0438. The first kappa shape index (κ1) is 19.8. The number of rotatable bonds is 10. The molecule has 1 unspecified atom stereocenters. The Kier molecular flexibility index (Phi) is 7.96. The molecule has 0 aliphatic heterocycles. The van der Waals surface area contributed by atoms with Gasteiger partial charge < -0.3 is 19.5 Å². The van der Waals surface area contributed by atoms with Gasteiger partial charge >= 0.3 is 0 Å². The number of methoxy groups -OCH3 is 1. The molecule has 1 amide bonds. The molecule has 2 aromatic rings. The molecule has 0 aliphatic rings. The topological polar surface area (TPSA) is 56.8 Å². The van der Waals surface area contributed by atoms with Gasteiger partial charge in [-0.25, -0.2) is 0 Å². The molecule has 1 N–H and O–H groups in total. The Labute approximate surface area is 155 Å². The van der Waals surface area contributed by atoms with Crippen molar-refractivity contribution in [3.63, 3.8) is 0 Å². The summed E-state index contributed by atoms with van der Waals surface area (Å²) in [6.07, 6.45) is 0.791. The number of hydrogen-bond acceptors (Lipinski definition) is 4. The summed E-state index contributed by atoms with van der Waals surface area (Å²) >= 11 is 0. The fraction of sp³-hybridized carbons (Fsp3) is 0.381. The quantitative estimate of drug-likeness (QED) is 0.653. The van der Waals surface area contributed by atoms with E-state index in [-0.39, 0.29) is 12.0 Å². The molecule has 0 spiro atoms. The van der Waals surface area contributed by atoms with Crippen molar-refractivity contribution in [3.8, 4) is 11.5 Å². The van der Waals surface area contributed by atoms with E-state index in [0.29, 0.717) is 36.8 Å². The number of nitrogens with one attached hydrogen (secondary N) is 1. The van der Waals surface area contributed by atoms with Crippen molar-refractivity contribution in [2.45, 2.75) is 26.4 Å². The van der Waals surface area contributed by atoms with Crippen molar-refractivity contribution in [1.29, 1.82) is 0 Å². The van der Waals surface area contributed by atoms with E-state index < -0.39 is 0 Å². The van der Waals surface area contributed by atoms with Crippen molar-refractivity contribution in [1.82, 2.24) is 5.32 Å². The molecule has 0 aliphatic carbocycles. The predicted octanol–water partition coefficient (Wildman–Crippen LogP) is 3.99. The Morgan fingerprint density at radius 2 is 1.88 bits per heavy atom. The van der Waals surface area contributed by atoms with Crippen LogP contribution in [0.4, 0.5) is 0 Å². The molecular formula is C21H27NO4. The Bertz CT molecular complexity index is 688. The summed E-state index contributed by atoms with van der Waals surface area (Å²) in [6, 6.07) is 15.3. The number of carbonyl (C=O) groups is 1. The van der Waals surface area contributed by atoms with Crippen LogP contribution in [-0.4, -0.2) is 32.8 Å². The number of ether oxygens (including phenoxy) is 3. The van der Waals surface area contributed by atoms with Gasteiger partial charge in [0.05, 0.1) is 19.8 Å². The lowest BCUT2D eigenvalue weighted by molar-refractivity contribution is 0.0635. The third-order valence-electron chi connectivity index (χ3n) is 3.97. The molecule has 0 bridgehead atoms. The molecule has 1 atom stereocenters. The first-order valence-electron chi connectivity index (χ1n) is 8.91. The molecule has 0 saturated carbocycles. The van der Waals surface area contributed by atoms with Crippen LogP contribution in [0.1, 0.15) is 42.3 Å². The van der Waals surface area contributed by atoms with Crippen molar-refractivity contribution in [2.75, 3.05) is 26.9 Å². The molecule has 140 valence electrons. The van der Waals surface area contributed by atoms with Crippen LogP contribution in [0.2, 0.25) is 0 Å². The van der Waals surface area contributed by atoms with Crippen molar-refractivity contribution < 1.29 is 19.0 Å². The van der Waals surface area contributed by atoms with Crippen LogP contribution in [0.5, 0.6) is 11.5 Å². The van der Waals surface area contributed by atoms with Gasteiger partial charge in [0, 0.05) is 18.7 Å². The minimum atomic E-state index is -0.137. The highest BCUT2D eigenvalue weighted by Gasteiger charge is 2.11. The maximum absolute atomic E-state index is 12.3. The summed E-state index contributed by atoms with van der Waals surface area (Å²) in [5.41, 5.74) is 1.70. The van der Waals surface area contributed by atoms with Gasteiger partial charge in [-0.15, -0.1) is 0 Å². The number of benzene rings is 2.